The number of rotatable bonds is 3. The third-order valence-corrected chi connectivity index (χ3v) is 5.45. The van der Waals surface area contributed by atoms with Crippen molar-refractivity contribution in [3.05, 3.63) is 29.6 Å². The Kier molecular flexibility index (Phi) is 4.07. The van der Waals surface area contributed by atoms with Crippen LogP contribution in [-0.4, -0.2) is 49.7 Å². The maximum absolute atomic E-state index is 13.6. The summed E-state index contributed by atoms with van der Waals surface area (Å²) in [6.07, 6.45) is 4.66. The number of nitrogens with zero attached hydrogens (tertiary/aromatic N) is 2. The molecular weight excluding hydrogens is 295 g/mol. The second kappa shape index (κ2) is 6.21. The first-order valence-electron chi connectivity index (χ1n) is 8.64. The molecule has 1 saturated carbocycles. The smallest absolute Gasteiger partial charge is 0.246 e. The monoisotopic (exact) mass is 318 g/mol. The summed E-state index contributed by atoms with van der Waals surface area (Å²) in [5.41, 5.74) is 1.80. The second-order valence-corrected chi connectivity index (χ2v) is 6.90. The molecule has 0 aromatic heterocycles. The van der Waals surface area contributed by atoms with Gasteiger partial charge in [-0.3, -0.25) is 9.69 Å². The maximum Gasteiger partial charge on any atom is 0.246 e. The van der Waals surface area contributed by atoms with E-state index in [0.29, 0.717) is 19.8 Å². The first-order valence-corrected chi connectivity index (χ1v) is 8.64. The highest BCUT2D eigenvalue weighted by atomic mass is 19.1. The molecule has 4 rings (SSSR count). The molecule has 0 spiro atoms. The predicted octanol–water partition coefficient (Wildman–Crippen LogP) is 2.22. The van der Waals surface area contributed by atoms with Crippen LogP contribution in [0.3, 0.4) is 0 Å². The number of hydrogen-bond acceptors (Lipinski definition) is 3. The van der Waals surface area contributed by atoms with E-state index in [1.807, 2.05) is 0 Å². The van der Waals surface area contributed by atoms with Crippen molar-refractivity contribution in [1.29, 1.82) is 0 Å². The molecule has 2 heterocycles. The first-order chi connectivity index (χ1) is 11.2. The third-order valence-electron chi connectivity index (χ3n) is 5.45. The van der Waals surface area contributed by atoms with E-state index in [1.165, 1.54) is 31.4 Å². The van der Waals surface area contributed by atoms with Gasteiger partial charge in [0, 0.05) is 25.3 Å². The van der Waals surface area contributed by atoms with Crippen LogP contribution in [0.2, 0.25) is 0 Å². The number of hydrogen-bond donors (Lipinski definition) is 0. The molecule has 0 radical (unpaired) electrons. The van der Waals surface area contributed by atoms with Crippen LogP contribution in [0.1, 0.15) is 24.8 Å². The molecule has 1 aliphatic carbocycles. The summed E-state index contributed by atoms with van der Waals surface area (Å²) >= 11 is 0. The number of amides is 1. The van der Waals surface area contributed by atoms with E-state index >= 15 is 0 Å². The molecule has 124 valence electrons. The van der Waals surface area contributed by atoms with Gasteiger partial charge in [-0.05, 0) is 42.9 Å². The van der Waals surface area contributed by atoms with Crippen molar-refractivity contribution in [3.63, 3.8) is 0 Å². The van der Waals surface area contributed by atoms with Crippen molar-refractivity contribution in [2.24, 2.45) is 5.92 Å². The van der Waals surface area contributed by atoms with Gasteiger partial charge in [-0.2, -0.15) is 0 Å². The normalized spacial score (nSPS) is 25.3. The van der Waals surface area contributed by atoms with E-state index in [2.05, 4.69) is 4.90 Å². The number of carbonyl (C=O) groups is 1. The molecule has 3 aliphatic rings. The predicted molar refractivity (Wildman–Crippen MR) is 86.0 cm³/mol. The number of ether oxygens (including phenoxy) is 1. The molecule has 1 aromatic carbocycles. The fourth-order valence-corrected chi connectivity index (χ4v) is 3.85. The second-order valence-electron chi connectivity index (χ2n) is 6.90. The van der Waals surface area contributed by atoms with Crippen LogP contribution in [0.25, 0.3) is 0 Å². The number of fused-ring (bicyclic) bond motifs is 1. The lowest BCUT2D eigenvalue weighted by molar-refractivity contribution is -0.130. The summed E-state index contributed by atoms with van der Waals surface area (Å²) in [4.78, 5) is 17.1. The van der Waals surface area contributed by atoms with Gasteiger partial charge in [0.1, 0.15) is 11.9 Å². The van der Waals surface area contributed by atoms with Gasteiger partial charge in [0.25, 0.3) is 0 Å². The molecular formula is C18H23FN2O2. The highest BCUT2D eigenvalue weighted by molar-refractivity contribution is 5.99. The summed E-state index contributed by atoms with van der Waals surface area (Å²) in [6, 6.07) is 4.53. The van der Waals surface area contributed by atoms with Gasteiger partial charge in [0.05, 0.1) is 13.2 Å². The molecule has 5 heteroatoms. The third kappa shape index (κ3) is 2.88. The molecule has 1 aromatic rings. The highest BCUT2D eigenvalue weighted by Crippen LogP contribution is 2.31. The van der Waals surface area contributed by atoms with Crippen LogP contribution in [0.4, 0.5) is 10.1 Å². The molecule has 4 nitrogen and oxygen atoms in total. The molecule has 2 aliphatic heterocycles. The van der Waals surface area contributed by atoms with Crippen LogP contribution in [0.15, 0.2) is 18.2 Å². The Labute approximate surface area is 136 Å². The summed E-state index contributed by atoms with van der Waals surface area (Å²) in [7, 11) is 0. The molecule has 1 saturated heterocycles. The lowest BCUT2D eigenvalue weighted by Crippen LogP contribution is -2.56. The lowest BCUT2D eigenvalue weighted by atomic mass is 9.84. The van der Waals surface area contributed by atoms with Crippen molar-refractivity contribution in [3.8, 4) is 0 Å². The zero-order valence-corrected chi connectivity index (χ0v) is 13.3. The maximum atomic E-state index is 13.6. The highest BCUT2D eigenvalue weighted by Gasteiger charge is 2.37. The number of anilines is 1. The van der Waals surface area contributed by atoms with E-state index in [-0.39, 0.29) is 17.8 Å². The SMILES string of the molecule is O=C(C1COCCN1CC1CCC1)N1CCc2ccc(F)cc21. The van der Waals surface area contributed by atoms with Crippen LogP contribution >= 0.6 is 0 Å². The van der Waals surface area contributed by atoms with Crippen molar-refractivity contribution in [2.45, 2.75) is 31.7 Å². The minimum Gasteiger partial charge on any atom is -0.378 e. The number of halogens is 1. The standard InChI is InChI=1S/C18H23FN2O2/c19-15-5-4-14-6-7-21(16(14)10-15)18(22)17-12-23-9-8-20(17)11-13-2-1-3-13/h4-5,10,13,17H,1-3,6-9,11-12H2. The van der Waals surface area contributed by atoms with Crippen molar-refractivity contribution < 1.29 is 13.9 Å². The molecule has 0 N–H and O–H groups in total. The Bertz CT molecular complexity index is 603. The van der Waals surface area contributed by atoms with E-state index in [0.717, 1.165) is 36.7 Å². The van der Waals surface area contributed by atoms with Gasteiger partial charge in [-0.25, -0.2) is 4.39 Å². The Balaban J connectivity index is 1.52. The zero-order chi connectivity index (χ0) is 15.8. The molecule has 1 amide bonds. The fraction of sp³-hybridized carbons (Fsp3) is 0.611. The van der Waals surface area contributed by atoms with E-state index < -0.39 is 0 Å². The van der Waals surface area contributed by atoms with Gasteiger partial charge in [-0.15, -0.1) is 0 Å². The van der Waals surface area contributed by atoms with E-state index in [9.17, 15) is 9.18 Å². The minimum atomic E-state index is -0.283. The van der Waals surface area contributed by atoms with E-state index in [4.69, 9.17) is 4.74 Å². The van der Waals surface area contributed by atoms with Gasteiger partial charge >= 0.3 is 0 Å². The summed E-state index contributed by atoms with van der Waals surface area (Å²) < 4.78 is 19.1. The topological polar surface area (TPSA) is 32.8 Å². The average Bonchev–Trinajstić information content (AvgIpc) is 2.93. The zero-order valence-electron chi connectivity index (χ0n) is 13.3. The van der Waals surface area contributed by atoms with Gasteiger partial charge in [0.2, 0.25) is 5.91 Å². The Morgan fingerprint density at radius 3 is 2.96 bits per heavy atom. The summed E-state index contributed by atoms with van der Waals surface area (Å²) in [5.74, 6) is 0.509. The summed E-state index contributed by atoms with van der Waals surface area (Å²) in [5, 5.41) is 0. The average molecular weight is 318 g/mol. The van der Waals surface area contributed by atoms with Crippen LogP contribution in [0.5, 0.6) is 0 Å². The number of morpholine rings is 1. The Morgan fingerprint density at radius 2 is 2.17 bits per heavy atom. The lowest BCUT2D eigenvalue weighted by Gasteiger charge is -2.40. The molecule has 23 heavy (non-hydrogen) atoms. The van der Waals surface area contributed by atoms with Gasteiger partial charge in [-0.1, -0.05) is 12.5 Å². The number of carbonyl (C=O) groups excluding carboxylic acids is 1. The molecule has 1 atom stereocenters. The van der Waals surface area contributed by atoms with Crippen LogP contribution in [0, 0.1) is 11.7 Å². The largest absolute Gasteiger partial charge is 0.378 e. The van der Waals surface area contributed by atoms with Crippen molar-refractivity contribution in [1.82, 2.24) is 4.90 Å². The molecule has 0 bridgehead atoms. The first kappa shape index (κ1) is 15.1. The minimum absolute atomic E-state index is 0.0633. The van der Waals surface area contributed by atoms with Crippen LogP contribution < -0.4 is 4.90 Å². The molecule has 1 unspecified atom stereocenters. The number of benzene rings is 1. The summed E-state index contributed by atoms with van der Waals surface area (Å²) in [6.45, 7) is 3.60. The Hall–Kier alpha value is -1.46. The van der Waals surface area contributed by atoms with Crippen molar-refractivity contribution >= 4 is 11.6 Å². The molecule has 2 fully saturated rings. The van der Waals surface area contributed by atoms with Gasteiger partial charge < -0.3 is 9.64 Å². The van der Waals surface area contributed by atoms with Crippen molar-refractivity contribution in [2.75, 3.05) is 37.7 Å². The fourth-order valence-electron chi connectivity index (χ4n) is 3.85. The van der Waals surface area contributed by atoms with E-state index in [1.54, 1.807) is 11.0 Å². The quantitative estimate of drug-likeness (QED) is 0.857. The Morgan fingerprint density at radius 1 is 1.30 bits per heavy atom. The van der Waals surface area contributed by atoms with Gasteiger partial charge in [0.15, 0.2) is 0 Å². The van der Waals surface area contributed by atoms with Crippen LogP contribution in [-0.2, 0) is 16.0 Å².